The largest absolute Gasteiger partial charge is 0.371 e. The molecule has 0 aliphatic heterocycles. The molecule has 0 N–H and O–H groups in total. The van der Waals surface area contributed by atoms with E-state index in [1.165, 1.54) is 0 Å². The predicted octanol–water partition coefficient (Wildman–Crippen LogP) is 8.84. The van der Waals surface area contributed by atoms with Crippen LogP contribution in [0.3, 0.4) is 0 Å². The van der Waals surface area contributed by atoms with Gasteiger partial charge in [-0.15, -0.1) is 0 Å². The molecule has 1 nitrogen and oxygen atoms in total. The number of aryl methyl sites for hydroxylation is 1. The Balaban J connectivity index is 1.46. The van der Waals surface area contributed by atoms with Crippen molar-refractivity contribution in [1.29, 1.82) is 0 Å². The van der Waals surface area contributed by atoms with Gasteiger partial charge in [0.2, 0.25) is 0 Å². The van der Waals surface area contributed by atoms with E-state index in [9.17, 15) is 17.6 Å². The van der Waals surface area contributed by atoms with Gasteiger partial charge in [-0.25, -0.2) is 17.6 Å². The van der Waals surface area contributed by atoms with Gasteiger partial charge in [0.25, 0.3) is 0 Å². The highest BCUT2D eigenvalue weighted by molar-refractivity contribution is 5.72. The van der Waals surface area contributed by atoms with Crippen molar-refractivity contribution in [3.8, 4) is 22.3 Å². The topological polar surface area (TPSA) is 9.23 Å². The Morgan fingerprint density at radius 1 is 0.800 bits per heavy atom. The van der Waals surface area contributed by atoms with Gasteiger partial charge >= 0.3 is 0 Å². The Hall–Kier alpha value is -3.18. The number of hydrogen-bond donors (Lipinski definition) is 0. The quantitative estimate of drug-likeness (QED) is 0.293. The zero-order valence-electron chi connectivity index (χ0n) is 19.7. The molecule has 2 atom stereocenters. The van der Waals surface area contributed by atoms with Gasteiger partial charge < -0.3 is 4.74 Å². The minimum atomic E-state index is -0.906. The van der Waals surface area contributed by atoms with E-state index >= 15 is 0 Å². The summed E-state index contributed by atoms with van der Waals surface area (Å²) in [7, 11) is 0. The fraction of sp³-hybridized carbons (Fsp3) is 0.267. The Morgan fingerprint density at radius 2 is 1.37 bits per heavy atom. The Morgan fingerprint density at radius 3 is 1.91 bits per heavy atom. The molecular formula is C30H28F4O. The smallest absolute Gasteiger partial charge is 0.167 e. The third-order valence-electron chi connectivity index (χ3n) is 6.60. The van der Waals surface area contributed by atoms with Crippen molar-refractivity contribution < 1.29 is 22.3 Å². The number of halogens is 4. The summed E-state index contributed by atoms with van der Waals surface area (Å²) in [6, 6.07) is 17.3. The van der Waals surface area contributed by atoms with Gasteiger partial charge in [0, 0.05) is 23.7 Å². The predicted molar refractivity (Wildman–Crippen MR) is 133 cm³/mol. The van der Waals surface area contributed by atoms with Crippen molar-refractivity contribution >= 4 is 6.08 Å². The molecule has 0 heterocycles. The average Bonchev–Trinajstić information content (AvgIpc) is 2.88. The molecule has 0 aromatic heterocycles. The third-order valence-corrected chi connectivity index (χ3v) is 6.60. The molecule has 0 amide bonds. The summed E-state index contributed by atoms with van der Waals surface area (Å²) in [5.41, 5.74) is 3.32. The molecule has 4 rings (SSSR count). The van der Waals surface area contributed by atoms with Gasteiger partial charge in [-0.3, -0.25) is 0 Å². The minimum Gasteiger partial charge on any atom is -0.371 e. The van der Waals surface area contributed by atoms with Crippen LogP contribution in [0, 0.1) is 17.6 Å². The molecule has 2 unspecified atom stereocenters. The van der Waals surface area contributed by atoms with Crippen molar-refractivity contribution in [2.75, 3.05) is 6.61 Å². The maximum Gasteiger partial charge on any atom is 0.167 e. The SMILES string of the molecule is C=Cc1ccc(-c2ccc(-c3ccc(CCC4CCC(OCC)C(F)=C4F)cc3)c(F)c2F)cc1. The van der Waals surface area contributed by atoms with E-state index in [0.29, 0.717) is 43.4 Å². The molecule has 1 aliphatic carbocycles. The van der Waals surface area contributed by atoms with Gasteiger partial charge in [0.15, 0.2) is 17.5 Å². The number of benzene rings is 3. The molecular weight excluding hydrogens is 452 g/mol. The van der Waals surface area contributed by atoms with Gasteiger partial charge in [0.05, 0.1) is 0 Å². The molecule has 35 heavy (non-hydrogen) atoms. The van der Waals surface area contributed by atoms with E-state index in [0.717, 1.165) is 11.1 Å². The fourth-order valence-electron chi connectivity index (χ4n) is 4.57. The fourth-order valence-corrected chi connectivity index (χ4v) is 4.57. The highest BCUT2D eigenvalue weighted by Gasteiger charge is 2.31. The van der Waals surface area contributed by atoms with Gasteiger partial charge in [-0.2, -0.15) is 0 Å². The molecule has 0 bridgehead atoms. The van der Waals surface area contributed by atoms with Crippen LogP contribution in [-0.4, -0.2) is 12.7 Å². The summed E-state index contributed by atoms with van der Waals surface area (Å²) in [4.78, 5) is 0. The zero-order chi connectivity index (χ0) is 24.9. The minimum absolute atomic E-state index is 0.172. The average molecular weight is 481 g/mol. The second kappa shape index (κ2) is 11.0. The molecule has 5 heteroatoms. The number of allylic oxidation sites excluding steroid dienone is 1. The molecule has 0 saturated heterocycles. The standard InChI is InChI=1S/C30H28F4O/c1-3-19-5-10-21(11-6-19)24-16-17-25(29(33)28(24)32)22-12-7-20(8-13-22)9-14-23-15-18-26(35-4-2)30(34)27(23)31/h3,5-8,10-13,16-17,23,26H,1,4,9,14-15,18H2,2H3. The van der Waals surface area contributed by atoms with Crippen LogP contribution in [0.2, 0.25) is 0 Å². The molecule has 3 aromatic carbocycles. The van der Waals surface area contributed by atoms with Crippen molar-refractivity contribution in [2.24, 2.45) is 5.92 Å². The second-order valence-corrected chi connectivity index (χ2v) is 8.76. The lowest BCUT2D eigenvalue weighted by Crippen LogP contribution is -2.23. The summed E-state index contributed by atoms with van der Waals surface area (Å²) in [5, 5.41) is 0. The van der Waals surface area contributed by atoms with Crippen LogP contribution in [0.15, 0.2) is 78.9 Å². The summed E-state index contributed by atoms with van der Waals surface area (Å²) < 4.78 is 63.7. The van der Waals surface area contributed by atoms with Crippen LogP contribution in [0.4, 0.5) is 17.6 Å². The maximum absolute atomic E-state index is 15.0. The van der Waals surface area contributed by atoms with E-state index in [-0.39, 0.29) is 11.1 Å². The molecule has 1 aliphatic rings. The first-order chi connectivity index (χ1) is 16.9. The first kappa shape index (κ1) is 24.9. The number of ether oxygens (including phenoxy) is 1. The van der Waals surface area contributed by atoms with E-state index in [2.05, 4.69) is 6.58 Å². The molecule has 0 spiro atoms. The highest BCUT2D eigenvalue weighted by Crippen LogP contribution is 2.37. The van der Waals surface area contributed by atoms with Crippen LogP contribution in [-0.2, 0) is 11.2 Å². The lowest BCUT2D eigenvalue weighted by Gasteiger charge is -2.26. The number of rotatable bonds is 8. The van der Waals surface area contributed by atoms with Crippen molar-refractivity contribution in [2.45, 2.75) is 38.7 Å². The van der Waals surface area contributed by atoms with E-state index in [4.69, 9.17) is 4.74 Å². The van der Waals surface area contributed by atoms with Crippen LogP contribution in [0.1, 0.15) is 37.3 Å². The van der Waals surface area contributed by atoms with Gasteiger partial charge in [-0.05, 0) is 54.9 Å². The van der Waals surface area contributed by atoms with Gasteiger partial charge in [-0.1, -0.05) is 73.3 Å². The summed E-state index contributed by atoms with van der Waals surface area (Å²) >= 11 is 0. The summed E-state index contributed by atoms with van der Waals surface area (Å²) in [5.74, 6) is -3.76. The number of hydrogen-bond acceptors (Lipinski definition) is 1. The first-order valence-corrected chi connectivity index (χ1v) is 11.9. The van der Waals surface area contributed by atoms with Crippen molar-refractivity contribution in [3.63, 3.8) is 0 Å². The van der Waals surface area contributed by atoms with Crippen LogP contribution in [0.25, 0.3) is 28.3 Å². The monoisotopic (exact) mass is 480 g/mol. The highest BCUT2D eigenvalue weighted by atomic mass is 19.2. The normalized spacial score (nSPS) is 18.1. The van der Waals surface area contributed by atoms with Crippen LogP contribution < -0.4 is 0 Å². The third kappa shape index (κ3) is 5.40. The lowest BCUT2D eigenvalue weighted by atomic mass is 9.87. The Bertz CT molecular complexity index is 1210. The Labute approximate surface area is 203 Å². The van der Waals surface area contributed by atoms with E-state index < -0.39 is 35.3 Å². The van der Waals surface area contributed by atoms with Crippen molar-refractivity contribution in [3.05, 3.63) is 102 Å². The van der Waals surface area contributed by atoms with Crippen LogP contribution >= 0.6 is 0 Å². The van der Waals surface area contributed by atoms with Crippen molar-refractivity contribution in [1.82, 2.24) is 0 Å². The summed E-state index contributed by atoms with van der Waals surface area (Å²) in [6.45, 7) is 5.80. The zero-order valence-corrected chi connectivity index (χ0v) is 19.7. The molecule has 0 fully saturated rings. The second-order valence-electron chi connectivity index (χ2n) is 8.76. The molecule has 3 aromatic rings. The van der Waals surface area contributed by atoms with E-state index in [1.54, 1.807) is 61.5 Å². The lowest BCUT2D eigenvalue weighted by molar-refractivity contribution is 0.0482. The Kier molecular flexibility index (Phi) is 7.86. The van der Waals surface area contributed by atoms with E-state index in [1.807, 2.05) is 12.1 Å². The van der Waals surface area contributed by atoms with Crippen LogP contribution in [0.5, 0.6) is 0 Å². The maximum atomic E-state index is 15.0. The van der Waals surface area contributed by atoms with Gasteiger partial charge in [0.1, 0.15) is 11.9 Å². The molecule has 182 valence electrons. The molecule has 0 radical (unpaired) electrons. The summed E-state index contributed by atoms with van der Waals surface area (Å²) in [6.07, 6.45) is 2.95. The first-order valence-electron chi connectivity index (χ1n) is 11.9. The molecule has 0 saturated carbocycles.